The SMILES string of the molecule is C[C@H]1CCCC[C@@H]1NC(=O)COC(=O)c1ccccc1C(=O)N(C)Cc1ccccc1. The highest BCUT2D eigenvalue weighted by molar-refractivity contribution is 6.05. The maximum Gasteiger partial charge on any atom is 0.339 e. The summed E-state index contributed by atoms with van der Waals surface area (Å²) in [5, 5.41) is 2.97. The van der Waals surface area contributed by atoms with Crippen molar-refractivity contribution < 1.29 is 19.1 Å². The van der Waals surface area contributed by atoms with E-state index in [-0.39, 0.29) is 35.6 Å². The molecule has 0 unspecified atom stereocenters. The summed E-state index contributed by atoms with van der Waals surface area (Å²) in [5.41, 5.74) is 1.41. The number of hydrogen-bond donors (Lipinski definition) is 1. The molecular weight excluding hydrogens is 392 g/mol. The van der Waals surface area contributed by atoms with E-state index in [0.717, 1.165) is 24.8 Å². The lowest BCUT2D eigenvalue weighted by atomic mass is 9.86. The van der Waals surface area contributed by atoms with Crippen molar-refractivity contribution in [2.24, 2.45) is 5.92 Å². The average molecular weight is 423 g/mol. The highest BCUT2D eigenvalue weighted by atomic mass is 16.5. The molecule has 2 aromatic carbocycles. The number of carbonyl (C=O) groups excluding carboxylic acids is 3. The zero-order valence-electron chi connectivity index (χ0n) is 18.2. The van der Waals surface area contributed by atoms with Gasteiger partial charge in [-0.2, -0.15) is 0 Å². The van der Waals surface area contributed by atoms with Gasteiger partial charge < -0.3 is 15.0 Å². The first kappa shape index (κ1) is 22.5. The Morgan fingerprint density at radius 2 is 1.61 bits per heavy atom. The van der Waals surface area contributed by atoms with Gasteiger partial charge in [0.05, 0.1) is 11.1 Å². The van der Waals surface area contributed by atoms with E-state index in [0.29, 0.717) is 12.5 Å². The summed E-state index contributed by atoms with van der Waals surface area (Å²) in [4.78, 5) is 39.4. The molecule has 1 fully saturated rings. The van der Waals surface area contributed by atoms with Gasteiger partial charge in [-0.25, -0.2) is 4.79 Å². The second-order valence-electron chi connectivity index (χ2n) is 8.20. The van der Waals surface area contributed by atoms with Crippen LogP contribution in [0.25, 0.3) is 0 Å². The normalized spacial score (nSPS) is 18.1. The fourth-order valence-corrected chi connectivity index (χ4v) is 3.97. The lowest BCUT2D eigenvalue weighted by Crippen LogP contribution is -2.43. The predicted molar refractivity (Wildman–Crippen MR) is 119 cm³/mol. The maximum absolute atomic E-state index is 13.0. The van der Waals surface area contributed by atoms with Gasteiger partial charge in [-0.3, -0.25) is 9.59 Å². The molecule has 0 spiro atoms. The Hall–Kier alpha value is -3.15. The van der Waals surface area contributed by atoms with Crippen LogP contribution in [0.1, 0.15) is 58.9 Å². The van der Waals surface area contributed by atoms with Gasteiger partial charge in [-0.05, 0) is 36.5 Å². The van der Waals surface area contributed by atoms with Crippen molar-refractivity contribution in [2.45, 2.75) is 45.2 Å². The number of benzene rings is 2. The number of ether oxygens (including phenoxy) is 1. The van der Waals surface area contributed by atoms with Crippen molar-refractivity contribution >= 4 is 17.8 Å². The van der Waals surface area contributed by atoms with Gasteiger partial charge in [0.1, 0.15) is 0 Å². The molecule has 0 heterocycles. The number of nitrogens with one attached hydrogen (secondary N) is 1. The molecule has 1 aliphatic carbocycles. The van der Waals surface area contributed by atoms with E-state index in [1.54, 1.807) is 36.2 Å². The third-order valence-electron chi connectivity index (χ3n) is 5.78. The number of hydrogen-bond acceptors (Lipinski definition) is 4. The molecule has 0 saturated heterocycles. The Bertz CT molecular complexity index is 913. The van der Waals surface area contributed by atoms with E-state index < -0.39 is 5.97 Å². The summed E-state index contributed by atoms with van der Waals surface area (Å²) in [7, 11) is 1.69. The molecule has 6 heteroatoms. The molecule has 0 radical (unpaired) electrons. The molecule has 0 bridgehead atoms. The molecule has 2 amide bonds. The average Bonchev–Trinajstić information content (AvgIpc) is 2.79. The smallest absolute Gasteiger partial charge is 0.339 e. The predicted octanol–water partition coefficient (Wildman–Crippen LogP) is 3.81. The molecule has 31 heavy (non-hydrogen) atoms. The number of esters is 1. The maximum atomic E-state index is 13.0. The van der Waals surface area contributed by atoms with E-state index in [1.165, 1.54) is 6.42 Å². The van der Waals surface area contributed by atoms with Gasteiger partial charge in [-0.1, -0.05) is 62.2 Å². The second-order valence-corrected chi connectivity index (χ2v) is 8.20. The van der Waals surface area contributed by atoms with Crippen molar-refractivity contribution in [3.05, 3.63) is 71.3 Å². The fourth-order valence-electron chi connectivity index (χ4n) is 3.97. The first-order valence-electron chi connectivity index (χ1n) is 10.8. The van der Waals surface area contributed by atoms with Crippen molar-refractivity contribution in [1.29, 1.82) is 0 Å². The molecule has 2 aromatic rings. The molecule has 3 rings (SSSR count). The van der Waals surface area contributed by atoms with Crippen LogP contribution in [0.2, 0.25) is 0 Å². The summed E-state index contributed by atoms with van der Waals surface area (Å²) in [6.07, 6.45) is 4.33. The molecule has 1 saturated carbocycles. The Morgan fingerprint density at radius 1 is 0.968 bits per heavy atom. The largest absolute Gasteiger partial charge is 0.452 e. The number of amides is 2. The van der Waals surface area contributed by atoms with Crippen molar-refractivity contribution in [3.8, 4) is 0 Å². The summed E-state index contributed by atoms with van der Waals surface area (Å²) in [5.74, 6) is -0.843. The lowest BCUT2D eigenvalue weighted by Gasteiger charge is -2.29. The van der Waals surface area contributed by atoms with Crippen LogP contribution in [0.15, 0.2) is 54.6 Å². The van der Waals surface area contributed by atoms with Gasteiger partial charge in [0.2, 0.25) is 0 Å². The number of carbonyl (C=O) groups is 3. The first-order chi connectivity index (χ1) is 15.0. The van der Waals surface area contributed by atoms with E-state index >= 15 is 0 Å². The van der Waals surface area contributed by atoms with Crippen molar-refractivity contribution in [3.63, 3.8) is 0 Å². The van der Waals surface area contributed by atoms with Gasteiger partial charge in [0.15, 0.2) is 6.61 Å². The molecule has 0 aliphatic heterocycles. The van der Waals surface area contributed by atoms with Crippen molar-refractivity contribution in [1.82, 2.24) is 10.2 Å². The van der Waals surface area contributed by atoms with E-state index in [1.807, 2.05) is 30.3 Å². The second kappa shape index (κ2) is 10.8. The molecule has 2 atom stereocenters. The highest BCUT2D eigenvalue weighted by Crippen LogP contribution is 2.23. The van der Waals surface area contributed by atoms with Crippen LogP contribution in [0.3, 0.4) is 0 Å². The summed E-state index contributed by atoms with van der Waals surface area (Å²) in [6, 6.07) is 16.3. The van der Waals surface area contributed by atoms with Gasteiger partial charge in [-0.15, -0.1) is 0 Å². The zero-order chi connectivity index (χ0) is 22.2. The van der Waals surface area contributed by atoms with Gasteiger partial charge in [0, 0.05) is 19.6 Å². The van der Waals surface area contributed by atoms with Gasteiger partial charge >= 0.3 is 5.97 Å². The minimum absolute atomic E-state index is 0.125. The van der Waals surface area contributed by atoms with Crippen LogP contribution in [-0.4, -0.2) is 42.4 Å². The van der Waals surface area contributed by atoms with E-state index in [4.69, 9.17) is 4.74 Å². The molecule has 0 aromatic heterocycles. The van der Waals surface area contributed by atoms with Crippen LogP contribution in [0.5, 0.6) is 0 Å². The Balaban J connectivity index is 1.60. The van der Waals surface area contributed by atoms with Gasteiger partial charge in [0.25, 0.3) is 11.8 Å². The minimum atomic E-state index is -0.677. The van der Waals surface area contributed by atoms with Crippen molar-refractivity contribution in [2.75, 3.05) is 13.7 Å². The fraction of sp³-hybridized carbons (Fsp3) is 0.400. The first-order valence-corrected chi connectivity index (χ1v) is 10.8. The van der Waals surface area contributed by atoms with Crippen LogP contribution >= 0.6 is 0 Å². The molecule has 6 nitrogen and oxygen atoms in total. The number of rotatable bonds is 7. The van der Waals surface area contributed by atoms with Crippen LogP contribution in [-0.2, 0) is 16.1 Å². The topological polar surface area (TPSA) is 75.7 Å². The standard InChI is InChI=1S/C25H30N2O4/c1-18-10-6-9-15-22(18)26-23(28)17-31-25(30)21-14-8-7-13-20(21)24(29)27(2)16-19-11-4-3-5-12-19/h3-5,7-8,11-14,18,22H,6,9-10,15-17H2,1-2H3,(H,26,28)/t18-,22-/m0/s1. The molecule has 164 valence electrons. The van der Waals surface area contributed by atoms with Crippen LogP contribution < -0.4 is 5.32 Å². The third kappa shape index (κ3) is 6.17. The van der Waals surface area contributed by atoms with E-state index in [2.05, 4.69) is 12.2 Å². The quantitative estimate of drug-likeness (QED) is 0.689. The Kier molecular flexibility index (Phi) is 7.82. The monoisotopic (exact) mass is 422 g/mol. The third-order valence-corrected chi connectivity index (χ3v) is 5.78. The van der Waals surface area contributed by atoms with Crippen LogP contribution in [0.4, 0.5) is 0 Å². The minimum Gasteiger partial charge on any atom is -0.452 e. The summed E-state index contributed by atoms with van der Waals surface area (Å²) < 4.78 is 5.23. The molecule has 1 aliphatic rings. The molecular formula is C25H30N2O4. The Morgan fingerprint density at radius 3 is 2.32 bits per heavy atom. The Labute approximate surface area is 183 Å². The lowest BCUT2D eigenvalue weighted by molar-refractivity contribution is -0.125. The zero-order valence-corrected chi connectivity index (χ0v) is 18.2. The summed E-state index contributed by atoms with van der Waals surface area (Å²) in [6.45, 7) is 2.19. The summed E-state index contributed by atoms with van der Waals surface area (Å²) >= 11 is 0. The van der Waals surface area contributed by atoms with E-state index in [9.17, 15) is 14.4 Å². The number of nitrogens with zero attached hydrogens (tertiary/aromatic N) is 1. The molecule has 1 N–H and O–H groups in total. The highest BCUT2D eigenvalue weighted by Gasteiger charge is 2.24. The van der Waals surface area contributed by atoms with Crippen LogP contribution in [0, 0.1) is 5.92 Å².